The first-order valence-corrected chi connectivity index (χ1v) is 7.75. The predicted molar refractivity (Wildman–Crippen MR) is 81.9 cm³/mol. The maximum Gasteiger partial charge on any atom is 0.156 e. The molecular weight excluding hydrogens is 250 g/mol. The standard InChI is InChI=1S/C16H27N3O/c1-5-7-12(2)14-8-6-9-19(14)16-10-13(3)17-15(18-16)11-20-4/h10,12,14H,5-9,11H2,1-4H3. The number of methoxy groups -OCH3 is 1. The lowest BCUT2D eigenvalue weighted by Crippen LogP contribution is -2.35. The van der Waals surface area contributed by atoms with Gasteiger partial charge in [0.05, 0.1) is 0 Å². The highest BCUT2D eigenvalue weighted by Crippen LogP contribution is 2.30. The summed E-state index contributed by atoms with van der Waals surface area (Å²) in [5.41, 5.74) is 1.02. The highest BCUT2D eigenvalue weighted by atomic mass is 16.5. The molecule has 0 aliphatic carbocycles. The molecule has 2 heterocycles. The molecule has 1 fully saturated rings. The van der Waals surface area contributed by atoms with Crippen LogP contribution in [0.25, 0.3) is 0 Å². The molecule has 4 nitrogen and oxygen atoms in total. The molecule has 0 bridgehead atoms. The number of anilines is 1. The van der Waals surface area contributed by atoms with Crippen LogP contribution in [0.4, 0.5) is 5.82 Å². The molecule has 0 N–H and O–H groups in total. The fourth-order valence-electron chi connectivity index (χ4n) is 3.27. The van der Waals surface area contributed by atoms with Crippen LogP contribution in [-0.4, -0.2) is 29.7 Å². The Morgan fingerprint density at radius 2 is 2.25 bits per heavy atom. The first-order valence-electron chi connectivity index (χ1n) is 7.75. The van der Waals surface area contributed by atoms with Crippen molar-refractivity contribution in [2.24, 2.45) is 5.92 Å². The minimum absolute atomic E-state index is 0.484. The van der Waals surface area contributed by atoms with Gasteiger partial charge in [0.15, 0.2) is 5.82 Å². The fraction of sp³-hybridized carbons (Fsp3) is 0.750. The second-order valence-electron chi connectivity index (χ2n) is 5.89. The van der Waals surface area contributed by atoms with E-state index in [9.17, 15) is 0 Å². The average molecular weight is 277 g/mol. The van der Waals surface area contributed by atoms with Gasteiger partial charge in [-0.05, 0) is 32.1 Å². The van der Waals surface area contributed by atoms with Crippen LogP contribution in [0.2, 0.25) is 0 Å². The summed E-state index contributed by atoms with van der Waals surface area (Å²) in [6, 6.07) is 2.73. The second-order valence-corrected chi connectivity index (χ2v) is 5.89. The molecule has 0 amide bonds. The summed E-state index contributed by atoms with van der Waals surface area (Å²) in [5.74, 6) is 2.59. The van der Waals surface area contributed by atoms with Gasteiger partial charge in [-0.1, -0.05) is 20.3 Å². The van der Waals surface area contributed by atoms with Crippen LogP contribution in [-0.2, 0) is 11.3 Å². The molecule has 0 spiro atoms. The fourth-order valence-corrected chi connectivity index (χ4v) is 3.27. The van der Waals surface area contributed by atoms with Gasteiger partial charge in [-0.3, -0.25) is 0 Å². The van der Waals surface area contributed by atoms with Crippen molar-refractivity contribution >= 4 is 5.82 Å². The molecule has 0 saturated carbocycles. The normalized spacial score (nSPS) is 20.4. The molecule has 1 aliphatic rings. The zero-order valence-corrected chi connectivity index (χ0v) is 13.2. The van der Waals surface area contributed by atoms with Crippen molar-refractivity contribution in [3.05, 3.63) is 17.6 Å². The van der Waals surface area contributed by atoms with Crippen LogP contribution >= 0.6 is 0 Å². The van der Waals surface area contributed by atoms with E-state index in [1.165, 1.54) is 25.7 Å². The monoisotopic (exact) mass is 277 g/mol. The lowest BCUT2D eigenvalue weighted by molar-refractivity contribution is 0.177. The van der Waals surface area contributed by atoms with E-state index in [1.807, 2.05) is 6.92 Å². The van der Waals surface area contributed by atoms with E-state index in [-0.39, 0.29) is 0 Å². The Balaban J connectivity index is 2.20. The maximum absolute atomic E-state index is 5.17. The molecule has 4 heteroatoms. The van der Waals surface area contributed by atoms with E-state index in [2.05, 4.69) is 34.8 Å². The van der Waals surface area contributed by atoms with Crippen LogP contribution in [0.3, 0.4) is 0 Å². The predicted octanol–water partition coefficient (Wildman–Crippen LogP) is 3.34. The lowest BCUT2D eigenvalue weighted by Gasteiger charge is -2.30. The summed E-state index contributed by atoms with van der Waals surface area (Å²) in [6.07, 6.45) is 5.09. The highest BCUT2D eigenvalue weighted by Gasteiger charge is 2.30. The minimum atomic E-state index is 0.484. The first-order chi connectivity index (χ1) is 9.65. The SMILES string of the molecule is CCCC(C)C1CCCN1c1cc(C)nc(COC)n1. The number of ether oxygens (including phenoxy) is 1. The smallest absolute Gasteiger partial charge is 0.156 e. The Bertz CT molecular complexity index is 436. The summed E-state index contributed by atoms with van der Waals surface area (Å²) in [7, 11) is 1.69. The number of nitrogens with zero attached hydrogens (tertiary/aromatic N) is 3. The molecule has 0 radical (unpaired) electrons. The van der Waals surface area contributed by atoms with Gasteiger partial charge in [0.2, 0.25) is 0 Å². The molecule has 1 aromatic heterocycles. The topological polar surface area (TPSA) is 38.2 Å². The van der Waals surface area contributed by atoms with Crippen molar-refractivity contribution in [3.63, 3.8) is 0 Å². The van der Waals surface area contributed by atoms with Gasteiger partial charge in [0.25, 0.3) is 0 Å². The van der Waals surface area contributed by atoms with Gasteiger partial charge >= 0.3 is 0 Å². The molecule has 2 rings (SSSR count). The second kappa shape index (κ2) is 7.02. The largest absolute Gasteiger partial charge is 0.377 e. The highest BCUT2D eigenvalue weighted by molar-refractivity contribution is 5.42. The summed E-state index contributed by atoms with van der Waals surface area (Å²) >= 11 is 0. The van der Waals surface area contributed by atoms with Crippen molar-refractivity contribution < 1.29 is 4.74 Å². The van der Waals surface area contributed by atoms with Crippen molar-refractivity contribution in [3.8, 4) is 0 Å². The number of aryl methyl sites for hydroxylation is 1. The third-order valence-corrected chi connectivity index (χ3v) is 4.15. The van der Waals surface area contributed by atoms with Crippen LogP contribution < -0.4 is 4.90 Å². The molecule has 20 heavy (non-hydrogen) atoms. The summed E-state index contributed by atoms with van der Waals surface area (Å²) in [4.78, 5) is 11.6. The molecule has 1 aromatic rings. The molecule has 2 unspecified atom stereocenters. The van der Waals surface area contributed by atoms with Crippen LogP contribution in [0.1, 0.15) is 51.0 Å². The molecule has 0 aromatic carbocycles. The summed E-state index contributed by atoms with van der Waals surface area (Å²) < 4.78 is 5.17. The lowest BCUT2D eigenvalue weighted by atomic mass is 9.95. The molecule has 1 aliphatic heterocycles. The van der Waals surface area contributed by atoms with E-state index < -0.39 is 0 Å². The summed E-state index contributed by atoms with van der Waals surface area (Å²) in [5, 5.41) is 0. The van der Waals surface area contributed by atoms with Gasteiger partial charge in [0, 0.05) is 31.5 Å². The maximum atomic E-state index is 5.17. The van der Waals surface area contributed by atoms with E-state index in [4.69, 9.17) is 4.74 Å². The number of hydrogen-bond donors (Lipinski definition) is 0. The Morgan fingerprint density at radius 3 is 2.95 bits per heavy atom. The summed E-state index contributed by atoms with van der Waals surface area (Å²) in [6.45, 7) is 8.27. The molecule has 112 valence electrons. The van der Waals surface area contributed by atoms with Crippen molar-refractivity contribution in [2.75, 3.05) is 18.6 Å². The molecule has 2 atom stereocenters. The van der Waals surface area contributed by atoms with E-state index in [0.717, 1.165) is 29.8 Å². The number of rotatable bonds is 6. The number of hydrogen-bond acceptors (Lipinski definition) is 4. The Labute approximate surface area is 122 Å². The first kappa shape index (κ1) is 15.2. The van der Waals surface area contributed by atoms with Gasteiger partial charge in [-0.2, -0.15) is 0 Å². The van der Waals surface area contributed by atoms with Crippen molar-refractivity contribution in [2.45, 2.75) is 59.1 Å². The van der Waals surface area contributed by atoms with Gasteiger partial charge < -0.3 is 9.64 Å². The number of aromatic nitrogens is 2. The minimum Gasteiger partial charge on any atom is -0.377 e. The third-order valence-electron chi connectivity index (χ3n) is 4.15. The molecule has 1 saturated heterocycles. The van der Waals surface area contributed by atoms with E-state index >= 15 is 0 Å². The Morgan fingerprint density at radius 1 is 1.45 bits per heavy atom. The van der Waals surface area contributed by atoms with Gasteiger partial charge in [-0.25, -0.2) is 9.97 Å². The zero-order valence-electron chi connectivity index (χ0n) is 13.2. The Hall–Kier alpha value is -1.16. The van der Waals surface area contributed by atoms with E-state index in [0.29, 0.717) is 12.6 Å². The quantitative estimate of drug-likeness (QED) is 0.799. The van der Waals surface area contributed by atoms with Crippen LogP contribution in [0, 0.1) is 12.8 Å². The van der Waals surface area contributed by atoms with Crippen molar-refractivity contribution in [1.29, 1.82) is 0 Å². The van der Waals surface area contributed by atoms with Crippen molar-refractivity contribution in [1.82, 2.24) is 9.97 Å². The van der Waals surface area contributed by atoms with Gasteiger partial charge in [0.1, 0.15) is 12.4 Å². The Kier molecular flexibility index (Phi) is 5.35. The van der Waals surface area contributed by atoms with Crippen LogP contribution in [0.5, 0.6) is 0 Å². The van der Waals surface area contributed by atoms with Crippen LogP contribution in [0.15, 0.2) is 6.07 Å². The van der Waals surface area contributed by atoms with Gasteiger partial charge in [-0.15, -0.1) is 0 Å². The zero-order chi connectivity index (χ0) is 14.5. The average Bonchev–Trinajstić information content (AvgIpc) is 2.88. The molecular formula is C16H27N3O. The third kappa shape index (κ3) is 3.48. The van der Waals surface area contributed by atoms with E-state index in [1.54, 1.807) is 7.11 Å².